The van der Waals surface area contributed by atoms with Crippen LogP contribution in [0.3, 0.4) is 0 Å². The van der Waals surface area contributed by atoms with Crippen molar-refractivity contribution in [3.05, 3.63) is 35.9 Å². The summed E-state index contributed by atoms with van der Waals surface area (Å²) in [4.78, 5) is 0. The molecule has 0 unspecified atom stereocenters. The summed E-state index contributed by atoms with van der Waals surface area (Å²) in [5.41, 5.74) is 1.31. The van der Waals surface area contributed by atoms with E-state index >= 15 is 0 Å². The molecule has 1 saturated carbocycles. The highest BCUT2D eigenvalue weighted by molar-refractivity contribution is 7.99. The second-order valence-corrected chi connectivity index (χ2v) is 8.08. The lowest BCUT2D eigenvalue weighted by atomic mass is 9.94. The average molecular weight is 350 g/mol. The van der Waals surface area contributed by atoms with Crippen LogP contribution >= 0.6 is 11.8 Å². The van der Waals surface area contributed by atoms with Gasteiger partial charge in [0.15, 0.2) is 12.1 Å². The molecule has 1 spiro atoms. The zero-order valence-corrected chi connectivity index (χ0v) is 15.0. The molecular formula is C19H26O4S. The topological polar surface area (TPSA) is 36.9 Å². The molecule has 1 aromatic rings. The summed E-state index contributed by atoms with van der Waals surface area (Å²) >= 11 is 1.85. The number of fused-ring (bicyclic) bond motifs is 1. The minimum absolute atomic E-state index is 0.0303. The molecule has 4 atom stereocenters. The van der Waals surface area contributed by atoms with Gasteiger partial charge in [0.2, 0.25) is 0 Å². The number of thioether (sulfide) groups is 1. The molecule has 1 aliphatic carbocycles. The molecule has 3 aliphatic rings. The second kappa shape index (κ2) is 7.34. The number of hydrogen-bond acceptors (Lipinski definition) is 5. The Morgan fingerprint density at radius 3 is 2.67 bits per heavy atom. The van der Waals surface area contributed by atoms with Crippen molar-refractivity contribution >= 4 is 11.8 Å². The lowest BCUT2D eigenvalue weighted by Crippen LogP contribution is -2.50. The summed E-state index contributed by atoms with van der Waals surface area (Å²) < 4.78 is 24.4. The van der Waals surface area contributed by atoms with E-state index in [1.165, 1.54) is 24.8 Å². The fourth-order valence-corrected chi connectivity index (χ4v) is 5.35. The van der Waals surface area contributed by atoms with Gasteiger partial charge in [-0.25, -0.2) is 0 Å². The van der Waals surface area contributed by atoms with Gasteiger partial charge in [-0.05, 0) is 18.4 Å². The molecule has 3 fully saturated rings. The Morgan fingerprint density at radius 2 is 1.92 bits per heavy atom. The normalized spacial score (nSPS) is 35.0. The molecule has 2 saturated heterocycles. The van der Waals surface area contributed by atoms with Gasteiger partial charge in [0.1, 0.15) is 12.2 Å². The van der Waals surface area contributed by atoms with Crippen LogP contribution in [-0.4, -0.2) is 43.3 Å². The first-order chi connectivity index (χ1) is 11.8. The fraction of sp³-hybridized carbons (Fsp3) is 0.684. The molecule has 0 amide bonds. The summed E-state index contributed by atoms with van der Waals surface area (Å²) in [7, 11) is 1.72. The summed E-state index contributed by atoms with van der Waals surface area (Å²) in [5.74, 6) is 0.555. The van der Waals surface area contributed by atoms with Crippen LogP contribution in [0.2, 0.25) is 0 Å². The number of methoxy groups -OCH3 is 1. The minimum Gasteiger partial charge on any atom is -0.355 e. The van der Waals surface area contributed by atoms with Gasteiger partial charge in [0, 0.05) is 25.7 Å². The molecule has 4 rings (SSSR count). The van der Waals surface area contributed by atoms with E-state index in [1.807, 2.05) is 17.8 Å². The first kappa shape index (κ1) is 16.9. The maximum atomic E-state index is 6.52. The molecule has 0 radical (unpaired) electrons. The number of ether oxygens (including phenoxy) is 4. The molecule has 0 aromatic heterocycles. The first-order valence-corrected chi connectivity index (χ1v) is 10.0. The molecule has 4 nitrogen and oxygen atoms in total. The van der Waals surface area contributed by atoms with Crippen molar-refractivity contribution in [2.45, 2.75) is 67.4 Å². The highest BCUT2D eigenvalue weighted by atomic mass is 32.2. The minimum atomic E-state index is -0.370. The van der Waals surface area contributed by atoms with Gasteiger partial charge in [-0.1, -0.05) is 36.8 Å². The van der Waals surface area contributed by atoms with Gasteiger partial charge in [-0.15, -0.1) is 11.8 Å². The maximum absolute atomic E-state index is 6.52. The molecule has 2 aliphatic heterocycles. The van der Waals surface area contributed by atoms with Crippen molar-refractivity contribution in [1.29, 1.82) is 0 Å². The Labute approximate surface area is 148 Å². The molecule has 132 valence electrons. The number of hydrogen-bond donors (Lipinski definition) is 0. The summed E-state index contributed by atoms with van der Waals surface area (Å²) in [6, 6.07) is 10.5. The Kier molecular flexibility index (Phi) is 5.16. The van der Waals surface area contributed by atoms with Gasteiger partial charge in [-0.3, -0.25) is 0 Å². The van der Waals surface area contributed by atoms with Crippen molar-refractivity contribution < 1.29 is 18.9 Å². The summed E-state index contributed by atoms with van der Waals surface area (Å²) in [6.07, 6.45) is 5.53. The Balaban J connectivity index is 1.47. The van der Waals surface area contributed by atoms with Crippen LogP contribution in [0.4, 0.5) is 0 Å². The van der Waals surface area contributed by atoms with Crippen LogP contribution in [-0.2, 0) is 24.7 Å². The molecule has 24 heavy (non-hydrogen) atoms. The Bertz CT molecular complexity index is 531. The van der Waals surface area contributed by atoms with E-state index < -0.39 is 0 Å². The zero-order valence-electron chi connectivity index (χ0n) is 14.2. The maximum Gasteiger partial charge on any atom is 0.171 e. The molecule has 0 bridgehead atoms. The summed E-state index contributed by atoms with van der Waals surface area (Å²) in [5, 5.41) is 0.134. The molecule has 5 heteroatoms. The van der Waals surface area contributed by atoms with Crippen molar-refractivity contribution in [2.24, 2.45) is 0 Å². The van der Waals surface area contributed by atoms with Crippen LogP contribution in [0, 0.1) is 0 Å². The average Bonchev–Trinajstić information content (AvgIpc) is 2.98. The monoisotopic (exact) mass is 350 g/mol. The standard InChI is InChI=1S/C19H26O4S/c1-20-18-17(24-13-14-8-4-2-5-9-14)16-15(12-21-18)22-19(23-16)10-6-3-7-11-19/h2,4-5,8-9,15-18H,3,6-7,10-13H2,1H3/t15-,16+,17-,18+/m1/s1. The predicted molar refractivity (Wildman–Crippen MR) is 93.8 cm³/mol. The molecule has 0 N–H and O–H groups in total. The van der Waals surface area contributed by atoms with Crippen LogP contribution in [0.1, 0.15) is 37.7 Å². The van der Waals surface area contributed by atoms with Crippen molar-refractivity contribution in [2.75, 3.05) is 13.7 Å². The highest BCUT2D eigenvalue weighted by Crippen LogP contribution is 2.46. The quantitative estimate of drug-likeness (QED) is 0.827. The van der Waals surface area contributed by atoms with Crippen molar-refractivity contribution in [3.8, 4) is 0 Å². The van der Waals surface area contributed by atoms with E-state index in [9.17, 15) is 0 Å². The third kappa shape index (κ3) is 3.37. The number of rotatable bonds is 4. The van der Waals surface area contributed by atoms with E-state index in [2.05, 4.69) is 24.3 Å². The Morgan fingerprint density at radius 1 is 1.12 bits per heavy atom. The second-order valence-electron chi connectivity index (χ2n) is 6.91. The predicted octanol–water partition coefficient (Wildman–Crippen LogP) is 3.74. The van der Waals surface area contributed by atoms with E-state index in [0.29, 0.717) is 6.61 Å². The largest absolute Gasteiger partial charge is 0.355 e. The van der Waals surface area contributed by atoms with Gasteiger partial charge in [-0.2, -0.15) is 0 Å². The van der Waals surface area contributed by atoms with E-state index in [-0.39, 0.29) is 29.5 Å². The van der Waals surface area contributed by atoms with Crippen LogP contribution in [0.5, 0.6) is 0 Å². The van der Waals surface area contributed by atoms with Gasteiger partial charge in [0.05, 0.1) is 11.9 Å². The molecule has 2 heterocycles. The lowest BCUT2D eigenvalue weighted by molar-refractivity contribution is -0.194. The van der Waals surface area contributed by atoms with Crippen LogP contribution in [0.25, 0.3) is 0 Å². The Hall–Kier alpha value is -0.590. The zero-order chi connectivity index (χ0) is 16.4. The number of benzene rings is 1. The highest BCUT2D eigenvalue weighted by Gasteiger charge is 2.54. The van der Waals surface area contributed by atoms with Crippen LogP contribution < -0.4 is 0 Å². The summed E-state index contributed by atoms with van der Waals surface area (Å²) in [6.45, 7) is 0.563. The third-order valence-electron chi connectivity index (χ3n) is 5.23. The third-order valence-corrected chi connectivity index (χ3v) is 6.61. The molecule has 1 aromatic carbocycles. The van der Waals surface area contributed by atoms with Gasteiger partial charge < -0.3 is 18.9 Å². The van der Waals surface area contributed by atoms with E-state index in [1.54, 1.807) is 7.11 Å². The van der Waals surface area contributed by atoms with Gasteiger partial charge in [0.25, 0.3) is 0 Å². The SMILES string of the molecule is CO[C@H]1OC[C@H]2OC3(CCCCC3)O[C@@H]2[C@H]1SCc1ccccc1. The van der Waals surface area contributed by atoms with Crippen LogP contribution in [0.15, 0.2) is 30.3 Å². The molecular weight excluding hydrogens is 324 g/mol. The smallest absolute Gasteiger partial charge is 0.171 e. The van der Waals surface area contributed by atoms with Crippen molar-refractivity contribution in [1.82, 2.24) is 0 Å². The fourth-order valence-electron chi connectivity index (χ4n) is 4.01. The van der Waals surface area contributed by atoms with Crippen molar-refractivity contribution in [3.63, 3.8) is 0 Å². The van der Waals surface area contributed by atoms with Gasteiger partial charge >= 0.3 is 0 Å². The first-order valence-electron chi connectivity index (χ1n) is 8.95. The van der Waals surface area contributed by atoms with E-state index in [4.69, 9.17) is 18.9 Å². The van der Waals surface area contributed by atoms with E-state index in [0.717, 1.165) is 18.6 Å². The lowest BCUT2D eigenvalue weighted by Gasteiger charge is -2.36.